The number of aromatic nitrogens is 1. The van der Waals surface area contributed by atoms with Gasteiger partial charge in [0.25, 0.3) is 0 Å². The summed E-state index contributed by atoms with van der Waals surface area (Å²) in [6, 6.07) is 31.4. The average molecular weight is 494 g/mol. The van der Waals surface area contributed by atoms with E-state index in [1.54, 1.807) is 0 Å². The number of piperidine rings is 1. The van der Waals surface area contributed by atoms with E-state index in [9.17, 15) is 4.79 Å². The predicted octanol–water partition coefficient (Wildman–Crippen LogP) is 5.52. The number of carbonyl (C=O) groups is 1. The molecule has 6 rings (SSSR count). The smallest absolute Gasteiger partial charge is 0.407 e. The lowest BCUT2D eigenvalue weighted by atomic mass is 9.88. The van der Waals surface area contributed by atoms with Gasteiger partial charge in [0.2, 0.25) is 0 Å². The van der Waals surface area contributed by atoms with Gasteiger partial charge in [0.05, 0.1) is 17.8 Å². The maximum Gasteiger partial charge on any atom is 0.407 e. The van der Waals surface area contributed by atoms with Crippen molar-refractivity contribution in [3.8, 4) is 5.75 Å². The molecule has 1 unspecified atom stereocenters. The van der Waals surface area contributed by atoms with E-state index in [-0.39, 0.29) is 17.6 Å². The Bertz CT molecular complexity index is 1370. The van der Waals surface area contributed by atoms with Gasteiger partial charge in [-0.1, -0.05) is 66.7 Å². The van der Waals surface area contributed by atoms with Gasteiger partial charge in [-0.15, -0.1) is 0 Å². The largest absolute Gasteiger partial charge is 0.487 e. The fourth-order valence-electron chi connectivity index (χ4n) is 5.41. The summed E-state index contributed by atoms with van der Waals surface area (Å²) < 4.78 is 11.7. The molecule has 2 fully saturated rings. The van der Waals surface area contributed by atoms with E-state index in [0.717, 1.165) is 54.8 Å². The Morgan fingerprint density at radius 2 is 1.62 bits per heavy atom. The van der Waals surface area contributed by atoms with Crippen LogP contribution in [-0.2, 0) is 11.3 Å². The zero-order valence-corrected chi connectivity index (χ0v) is 20.8. The molecule has 6 nitrogen and oxygen atoms in total. The monoisotopic (exact) mass is 493 g/mol. The highest BCUT2D eigenvalue weighted by Crippen LogP contribution is 2.33. The second-order valence-corrected chi connectivity index (χ2v) is 10.0. The van der Waals surface area contributed by atoms with Crippen LogP contribution in [0.25, 0.3) is 10.9 Å². The van der Waals surface area contributed by atoms with E-state index in [1.807, 2.05) is 24.3 Å². The minimum atomic E-state index is -0.325. The molecule has 0 saturated carbocycles. The van der Waals surface area contributed by atoms with Crippen molar-refractivity contribution < 1.29 is 14.3 Å². The van der Waals surface area contributed by atoms with Gasteiger partial charge in [0, 0.05) is 43.8 Å². The number of likely N-dealkylation sites (tertiary alicyclic amines) is 1. The van der Waals surface area contributed by atoms with Gasteiger partial charge in [0.15, 0.2) is 0 Å². The molecule has 1 aromatic heterocycles. The zero-order valence-electron chi connectivity index (χ0n) is 20.8. The first-order chi connectivity index (χ1) is 18.2. The molecule has 3 heterocycles. The molecule has 2 aliphatic heterocycles. The highest BCUT2D eigenvalue weighted by molar-refractivity contribution is 5.78. The van der Waals surface area contributed by atoms with Gasteiger partial charge in [0.1, 0.15) is 18.0 Å². The molecule has 1 amide bonds. The van der Waals surface area contributed by atoms with Crippen molar-refractivity contribution >= 4 is 17.0 Å². The molecule has 1 atom stereocenters. The summed E-state index contributed by atoms with van der Waals surface area (Å²) >= 11 is 0. The average Bonchev–Trinajstić information content (AvgIpc) is 3.32. The number of carbonyl (C=O) groups excluding carboxylic acids is 1. The third-order valence-electron chi connectivity index (χ3n) is 7.60. The van der Waals surface area contributed by atoms with E-state index >= 15 is 0 Å². The highest BCUT2D eigenvalue weighted by Gasteiger charge is 2.43. The SMILES string of the molecule is O=C1NCC2(CCN(CC(c3ccccc3)c3ccc(OCc4ccc5ccccc5n4)cc3)CC2)O1. The number of nitrogens with zero attached hydrogens (tertiary/aromatic N) is 2. The number of hydrogen-bond donors (Lipinski definition) is 1. The summed E-state index contributed by atoms with van der Waals surface area (Å²) in [5, 5.41) is 3.96. The Kier molecular flexibility index (Phi) is 6.49. The van der Waals surface area contributed by atoms with Gasteiger partial charge in [-0.05, 0) is 35.4 Å². The zero-order chi connectivity index (χ0) is 25.1. The van der Waals surface area contributed by atoms with Crippen LogP contribution >= 0.6 is 0 Å². The van der Waals surface area contributed by atoms with Gasteiger partial charge < -0.3 is 19.7 Å². The lowest BCUT2D eigenvalue weighted by Crippen LogP contribution is -2.47. The van der Waals surface area contributed by atoms with Crippen LogP contribution in [0.15, 0.2) is 91.0 Å². The van der Waals surface area contributed by atoms with Crippen LogP contribution in [0.3, 0.4) is 0 Å². The Morgan fingerprint density at radius 1 is 0.892 bits per heavy atom. The molecule has 2 aliphatic rings. The second-order valence-electron chi connectivity index (χ2n) is 10.0. The van der Waals surface area contributed by atoms with Crippen molar-refractivity contribution in [3.63, 3.8) is 0 Å². The Balaban J connectivity index is 1.13. The normalized spacial score (nSPS) is 17.9. The number of rotatable bonds is 7. The molecule has 3 aromatic carbocycles. The Hall–Kier alpha value is -3.90. The maximum absolute atomic E-state index is 11.6. The summed E-state index contributed by atoms with van der Waals surface area (Å²) in [5.74, 6) is 1.08. The number of hydrogen-bond acceptors (Lipinski definition) is 5. The first-order valence-corrected chi connectivity index (χ1v) is 13.0. The van der Waals surface area contributed by atoms with E-state index in [1.165, 1.54) is 11.1 Å². The Morgan fingerprint density at radius 3 is 2.38 bits per heavy atom. The van der Waals surface area contributed by atoms with Gasteiger partial charge in [-0.2, -0.15) is 0 Å². The van der Waals surface area contributed by atoms with Gasteiger partial charge >= 0.3 is 6.09 Å². The lowest BCUT2D eigenvalue weighted by molar-refractivity contribution is 0.000314. The minimum Gasteiger partial charge on any atom is -0.487 e. The minimum absolute atomic E-state index is 0.246. The number of pyridine rings is 1. The number of fused-ring (bicyclic) bond motifs is 1. The quantitative estimate of drug-likeness (QED) is 0.367. The van der Waals surface area contributed by atoms with Crippen LogP contribution in [0.2, 0.25) is 0 Å². The van der Waals surface area contributed by atoms with Gasteiger partial charge in [-0.25, -0.2) is 9.78 Å². The fourth-order valence-corrected chi connectivity index (χ4v) is 5.41. The van der Waals surface area contributed by atoms with E-state index < -0.39 is 0 Å². The molecule has 37 heavy (non-hydrogen) atoms. The third kappa shape index (κ3) is 5.30. The third-order valence-corrected chi connectivity index (χ3v) is 7.60. The topological polar surface area (TPSA) is 63.7 Å². The molecule has 1 spiro atoms. The van der Waals surface area contributed by atoms with Crippen molar-refractivity contribution in [2.24, 2.45) is 0 Å². The molecule has 1 N–H and O–H groups in total. The van der Waals surface area contributed by atoms with Crippen molar-refractivity contribution in [1.29, 1.82) is 0 Å². The molecule has 0 aliphatic carbocycles. The number of nitrogens with one attached hydrogen (secondary N) is 1. The van der Waals surface area contributed by atoms with Crippen LogP contribution in [0.5, 0.6) is 5.75 Å². The van der Waals surface area contributed by atoms with Crippen molar-refractivity contribution in [3.05, 3.63) is 108 Å². The van der Waals surface area contributed by atoms with E-state index in [0.29, 0.717) is 13.2 Å². The van der Waals surface area contributed by atoms with Crippen LogP contribution in [0.1, 0.15) is 35.6 Å². The maximum atomic E-state index is 11.6. The Labute approximate surface area is 217 Å². The molecule has 4 aromatic rings. The number of benzene rings is 3. The second kappa shape index (κ2) is 10.2. The standard InChI is InChI=1S/C31H31N3O3/c35-30-32-22-31(37-30)16-18-34(19-17-31)20-28(23-6-2-1-3-7-23)24-11-14-27(15-12-24)36-21-26-13-10-25-8-4-5-9-29(25)33-26/h1-15,28H,16-22H2,(H,32,35). The number of amides is 1. The van der Waals surface area contributed by atoms with Crippen molar-refractivity contribution in [1.82, 2.24) is 15.2 Å². The van der Waals surface area contributed by atoms with Crippen LogP contribution in [-0.4, -0.2) is 47.8 Å². The van der Waals surface area contributed by atoms with E-state index in [4.69, 9.17) is 14.5 Å². The van der Waals surface area contributed by atoms with Crippen molar-refractivity contribution in [2.45, 2.75) is 31.0 Å². The molecule has 0 bridgehead atoms. The first-order valence-electron chi connectivity index (χ1n) is 13.0. The van der Waals surface area contributed by atoms with Crippen molar-refractivity contribution in [2.75, 3.05) is 26.2 Å². The summed E-state index contributed by atoms with van der Waals surface area (Å²) in [6.07, 6.45) is 1.44. The van der Waals surface area contributed by atoms with Crippen LogP contribution in [0, 0.1) is 0 Å². The summed E-state index contributed by atoms with van der Waals surface area (Å²) in [4.78, 5) is 18.8. The molecule has 6 heteroatoms. The lowest BCUT2D eigenvalue weighted by Gasteiger charge is -2.38. The molecular formula is C31H31N3O3. The van der Waals surface area contributed by atoms with Gasteiger partial charge in [-0.3, -0.25) is 0 Å². The molecule has 0 radical (unpaired) electrons. The number of ether oxygens (including phenoxy) is 2. The summed E-state index contributed by atoms with van der Waals surface area (Å²) in [7, 11) is 0. The molecule has 2 saturated heterocycles. The summed E-state index contributed by atoms with van der Waals surface area (Å²) in [5.41, 5.74) is 4.13. The fraction of sp³-hybridized carbons (Fsp3) is 0.290. The van der Waals surface area contributed by atoms with Crippen LogP contribution < -0.4 is 10.1 Å². The highest BCUT2D eigenvalue weighted by atomic mass is 16.6. The first kappa shape index (κ1) is 23.5. The molecule has 188 valence electrons. The predicted molar refractivity (Wildman–Crippen MR) is 144 cm³/mol. The van der Waals surface area contributed by atoms with E-state index in [2.05, 4.69) is 76.9 Å². The number of alkyl carbamates (subject to hydrolysis) is 1. The van der Waals surface area contributed by atoms with Crippen LogP contribution in [0.4, 0.5) is 4.79 Å². The number of para-hydroxylation sites is 1. The molecular weight excluding hydrogens is 462 g/mol. The summed E-state index contributed by atoms with van der Waals surface area (Å²) in [6.45, 7) is 3.80.